The quantitative estimate of drug-likeness (QED) is 0.566. The van der Waals surface area contributed by atoms with Gasteiger partial charge < -0.3 is 9.84 Å². The highest BCUT2D eigenvalue weighted by atomic mass is 32.2. The van der Waals surface area contributed by atoms with Crippen molar-refractivity contribution in [2.24, 2.45) is 0 Å². The van der Waals surface area contributed by atoms with Crippen LogP contribution in [0.1, 0.15) is 13.3 Å². The highest BCUT2D eigenvalue weighted by molar-refractivity contribution is 7.98. The minimum absolute atomic E-state index is 0.0101. The van der Waals surface area contributed by atoms with Gasteiger partial charge in [0, 0.05) is 0 Å². The molecule has 0 fully saturated rings. The summed E-state index contributed by atoms with van der Waals surface area (Å²) in [7, 11) is -4.24. The number of nitrogens with one attached hydrogen (secondary N) is 2. The Morgan fingerprint density at radius 3 is 2.50 bits per heavy atom. The molecule has 0 unspecified atom stereocenters. The number of ether oxygens (including phenoxy) is 1. The lowest BCUT2D eigenvalue weighted by Crippen LogP contribution is -2.48. The summed E-state index contributed by atoms with van der Waals surface area (Å²) in [5, 5.41) is 8.82. The number of carbonyl (C=O) groups excluding carboxylic acids is 1. The molecule has 0 aliphatic rings. The Hall–Kier alpha value is -1.00. The second-order valence-corrected chi connectivity index (χ2v) is 5.55. The van der Waals surface area contributed by atoms with Crippen LogP contribution in [0.15, 0.2) is 0 Å². The van der Waals surface area contributed by atoms with E-state index in [0.29, 0.717) is 5.75 Å². The maximum Gasteiger partial charge on any atom is 0.421 e. The molecule has 0 aliphatic carbocycles. The molecule has 0 aromatic carbocycles. The fourth-order valence-corrected chi connectivity index (χ4v) is 2.36. The SMILES string of the molecule is CCOC(=O)NS(=O)(=O)N[C@H](CCSC)C(=O)O. The maximum absolute atomic E-state index is 11.4. The summed E-state index contributed by atoms with van der Waals surface area (Å²) in [4.78, 5) is 21.7. The van der Waals surface area contributed by atoms with Gasteiger partial charge in [0.25, 0.3) is 0 Å². The van der Waals surface area contributed by atoms with E-state index in [1.807, 2.05) is 4.72 Å². The number of thioether (sulfide) groups is 1. The van der Waals surface area contributed by atoms with Gasteiger partial charge in [-0.05, 0) is 25.4 Å². The van der Waals surface area contributed by atoms with Gasteiger partial charge in [0.15, 0.2) is 0 Å². The lowest BCUT2D eigenvalue weighted by Gasteiger charge is -2.14. The van der Waals surface area contributed by atoms with Crippen LogP contribution in [-0.4, -0.2) is 50.2 Å². The predicted molar refractivity (Wildman–Crippen MR) is 66.6 cm³/mol. The van der Waals surface area contributed by atoms with Crippen LogP contribution < -0.4 is 9.44 Å². The summed E-state index contributed by atoms with van der Waals surface area (Å²) < 4.78 is 30.6. The average Bonchev–Trinajstić information content (AvgIpc) is 2.23. The highest BCUT2D eigenvalue weighted by Gasteiger charge is 2.25. The molecule has 1 atom stereocenters. The zero-order valence-electron chi connectivity index (χ0n) is 10.0. The van der Waals surface area contributed by atoms with E-state index in [9.17, 15) is 18.0 Å². The second-order valence-electron chi connectivity index (χ2n) is 3.12. The van der Waals surface area contributed by atoms with Gasteiger partial charge in [-0.25, -0.2) is 9.52 Å². The predicted octanol–water partition coefficient (Wildman–Crippen LogP) is -0.227. The summed E-state index contributed by atoms with van der Waals surface area (Å²) in [5.41, 5.74) is 0. The van der Waals surface area contributed by atoms with E-state index in [1.54, 1.807) is 11.0 Å². The molecular weight excluding hydrogens is 284 g/mol. The van der Waals surface area contributed by atoms with Gasteiger partial charge in [-0.3, -0.25) is 4.79 Å². The molecule has 1 amide bonds. The van der Waals surface area contributed by atoms with Crippen LogP contribution in [0.3, 0.4) is 0 Å². The average molecular weight is 300 g/mol. The van der Waals surface area contributed by atoms with Crippen molar-refractivity contribution in [3.8, 4) is 0 Å². The summed E-state index contributed by atoms with van der Waals surface area (Å²) >= 11 is 1.39. The molecule has 0 radical (unpaired) electrons. The fraction of sp³-hybridized carbons (Fsp3) is 0.750. The number of aliphatic carboxylic acids is 1. The van der Waals surface area contributed by atoms with Crippen LogP contribution in [0, 0.1) is 0 Å². The van der Waals surface area contributed by atoms with E-state index in [0.717, 1.165) is 0 Å². The highest BCUT2D eigenvalue weighted by Crippen LogP contribution is 2.02. The van der Waals surface area contributed by atoms with E-state index < -0.39 is 28.3 Å². The Morgan fingerprint density at radius 2 is 2.06 bits per heavy atom. The van der Waals surface area contributed by atoms with Crippen LogP contribution in [0.5, 0.6) is 0 Å². The molecule has 0 aliphatic heterocycles. The molecular formula is C8H16N2O6S2. The molecule has 0 bridgehead atoms. The molecule has 106 valence electrons. The number of rotatable bonds is 8. The van der Waals surface area contributed by atoms with Gasteiger partial charge in [-0.1, -0.05) is 0 Å². The minimum atomic E-state index is -4.24. The van der Waals surface area contributed by atoms with Gasteiger partial charge in [-0.15, -0.1) is 0 Å². The Morgan fingerprint density at radius 1 is 1.44 bits per heavy atom. The second kappa shape index (κ2) is 8.16. The number of carbonyl (C=O) groups is 2. The summed E-state index contributed by atoms with van der Waals surface area (Å²) in [6.07, 6.45) is 0.726. The molecule has 0 saturated carbocycles. The summed E-state index contributed by atoms with van der Waals surface area (Å²) in [6, 6.07) is -1.29. The molecule has 0 saturated heterocycles. The normalized spacial score (nSPS) is 12.8. The van der Waals surface area contributed by atoms with Crippen molar-refractivity contribution in [1.82, 2.24) is 9.44 Å². The zero-order chi connectivity index (χ0) is 14.2. The van der Waals surface area contributed by atoms with Gasteiger partial charge in [-0.2, -0.15) is 24.9 Å². The Kier molecular flexibility index (Phi) is 7.71. The first-order chi connectivity index (χ1) is 8.32. The number of hydrogen-bond donors (Lipinski definition) is 3. The van der Waals surface area contributed by atoms with Crippen molar-refractivity contribution in [3.63, 3.8) is 0 Å². The maximum atomic E-state index is 11.4. The van der Waals surface area contributed by atoms with Crippen LogP contribution >= 0.6 is 11.8 Å². The van der Waals surface area contributed by atoms with Crippen molar-refractivity contribution in [2.45, 2.75) is 19.4 Å². The molecule has 0 spiro atoms. The third kappa shape index (κ3) is 7.35. The van der Waals surface area contributed by atoms with Crippen molar-refractivity contribution < 1.29 is 27.9 Å². The van der Waals surface area contributed by atoms with Crippen LogP contribution in [0.2, 0.25) is 0 Å². The first kappa shape index (κ1) is 17.0. The molecule has 0 aromatic heterocycles. The van der Waals surface area contributed by atoms with E-state index in [2.05, 4.69) is 4.74 Å². The fourth-order valence-electron chi connectivity index (χ4n) is 0.956. The molecule has 0 heterocycles. The van der Waals surface area contributed by atoms with Crippen molar-refractivity contribution in [3.05, 3.63) is 0 Å². The molecule has 0 aromatic rings. The first-order valence-corrected chi connectivity index (χ1v) is 7.88. The third-order valence-electron chi connectivity index (χ3n) is 1.70. The first-order valence-electron chi connectivity index (χ1n) is 5.01. The molecule has 0 rings (SSSR count). The Labute approximate surface area is 110 Å². The Bertz CT molecular complexity index is 383. The number of hydrogen-bond acceptors (Lipinski definition) is 6. The van der Waals surface area contributed by atoms with Crippen molar-refractivity contribution >= 4 is 34.0 Å². The molecule has 8 nitrogen and oxygen atoms in total. The van der Waals surface area contributed by atoms with Gasteiger partial charge in [0.2, 0.25) is 0 Å². The smallest absolute Gasteiger partial charge is 0.421 e. The van der Waals surface area contributed by atoms with E-state index in [-0.39, 0.29) is 13.0 Å². The number of carboxylic acids is 1. The number of amides is 1. The summed E-state index contributed by atoms with van der Waals surface area (Å²) in [5.74, 6) is -0.836. The van der Waals surface area contributed by atoms with Gasteiger partial charge in [0.05, 0.1) is 6.61 Å². The lowest BCUT2D eigenvalue weighted by atomic mass is 10.2. The molecule has 10 heteroatoms. The topological polar surface area (TPSA) is 122 Å². The van der Waals surface area contributed by atoms with Crippen molar-refractivity contribution in [2.75, 3.05) is 18.6 Å². The van der Waals surface area contributed by atoms with Crippen LogP contribution in [-0.2, 0) is 19.7 Å². The van der Waals surface area contributed by atoms with E-state index in [1.165, 1.54) is 18.7 Å². The third-order valence-corrected chi connectivity index (χ3v) is 3.37. The molecule has 18 heavy (non-hydrogen) atoms. The largest absolute Gasteiger partial charge is 0.480 e. The van der Waals surface area contributed by atoms with Crippen LogP contribution in [0.25, 0.3) is 0 Å². The molecule has 3 N–H and O–H groups in total. The number of carboxylic acid groups (broad SMARTS) is 1. The van der Waals surface area contributed by atoms with Crippen LogP contribution in [0.4, 0.5) is 4.79 Å². The standard InChI is InChI=1S/C8H16N2O6S2/c1-3-16-8(13)10-18(14,15)9-6(7(11)12)4-5-17-2/h6,9H,3-5H2,1-2H3,(H,10,13)(H,11,12)/t6-/m1/s1. The summed E-state index contributed by atoms with van der Waals surface area (Å²) in [6.45, 7) is 1.52. The lowest BCUT2D eigenvalue weighted by molar-refractivity contribution is -0.139. The Balaban J connectivity index is 4.51. The van der Waals surface area contributed by atoms with Gasteiger partial charge in [0.1, 0.15) is 6.04 Å². The zero-order valence-corrected chi connectivity index (χ0v) is 11.6. The van der Waals surface area contributed by atoms with Crippen molar-refractivity contribution in [1.29, 1.82) is 0 Å². The van der Waals surface area contributed by atoms with E-state index in [4.69, 9.17) is 5.11 Å². The van der Waals surface area contributed by atoms with Gasteiger partial charge >= 0.3 is 22.3 Å². The van der Waals surface area contributed by atoms with E-state index >= 15 is 0 Å². The minimum Gasteiger partial charge on any atom is -0.480 e. The monoisotopic (exact) mass is 300 g/mol.